The molecule has 4 rings (SSSR count). The van der Waals surface area contributed by atoms with Crippen molar-refractivity contribution in [2.75, 3.05) is 4.90 Å². The van der Waals surface area contributed by atoms with Gasteiger partial charge in [-0.15, -0.1) is 0 Å². The van der Waals surface area contributed by atoms with E-state index < -0.39 is 36.0 Å². The molecule has 32 heavy (non-hydrogen) atoms. The number of hydrogen-bond acceptors (Lipinski definition) is 6. The first-order chi connectivity index (χ1) is 15.5. The van der Waals surface area contributed by atoms with E-state index in [2.05, 4.69) is 0 Å². The molecule has 3 aromatic carbocycles. The maximum absolute atomic E-state index is 13.2. The lowest BCUT2D eigenvalue weighted by atomic mass is 10.2. The van der Waals surface area contributed by atoms with E-state index in [1.54, 1.807) is 60.7 Å². The zero-order chi connectivity index (χ0) is 22.7. The van der Waals surface area contributed by atoms with Gasteiger partial charge in [-0.2, -0.15) is 0 Å². The summed E-state index contributed by atoms with van der Waals surface area (Å²) in [5, 5.41) is 0. The van der Waals surface area contributed by atoms with E-state index in [0.29, 0.717) is 9.26 Å². The van der Waals surface area contributed by atoms with Gasteiger partial charge in [-0.3, -0.25) is 9.59 Å². The fraction of sp³-hybridized carbons (Fsp3) is 0.0833. The van der Waals surface area contributed by atoms with Crippen molar-refractivity contribution in [1.82, 2.24) is 0 Å². The SMILES string of the molecule is O=C(O[C@@H]1C(=O)N(c2ccccc2I)C(=O)[C@@H]1OC(=O)c1ccccc1)c1ccccc1. The number of halogens is 1. The van der Waals surface area contributed by atoms with E-state index in [1.165, 1.54) is 24.3 Å². The van der Waals surface area contributed by atoms with E-state index in [1.807, 2.05) is 22.6 Å². The highest BCUT2D eigenvalue weighted by molar-refractivity contribution is 14.1. The van der Waals surface area contributed by atoms with E-state index >= 15 is 0 Å². The van der Waals surface area contributed by atoms with Gasteiger partial charge in [-0.05, 0) is 59.0 Å². The summed E-state index contributed by atoms with van der Waals surface area (Å²) < 4.78 is 11.4. The minimum absolute atomic E-state index is 0.202. The Kier molecular flexibility index (Phi) is 6.31. The van der Waals surface area contributed by atoms with Gasteiger partial charge in [0.15, 0.2) is 0 Å². The number of imide groups is 1. The predicted octanol–water partition coefficient (Wildman–Crippen LogP) is 3.62. The lowest BCUT2D eigenvalue weighted by molar-refractivity contribution is -0.130. The van der Waals surface area contributed by atoms with E-state index in [-0.39, 0.29) is 11.1 Å². The largest absolute Gasteiger partial charge is 0.444 e. The summed E-state index contributed by atoms with van der Waals surface area (Å²) in [7, 11) is 0. The van der Waals surface area contributed by atoms with Crippen molar-refractivity contribution in [3.63, 3.8) is 0 Å². The Balaban J connectivity index is 1.67. The number of hydrogen-bond donors (Lipinski definition) is 0. The van der Waals surface area contributed by atoms with Gasteiger partial charge >= 0.3 is 11.9 Å². The van der Waals surface area contributed by atoms with Gasteiger partial charge in [0.1, 0.15) is 0 Å². The van der Waals surface area contributed by atoms with Gasteiger partial charge in [0.05, 0.1) is 16.8 Å². The van der Waals surface area contributed by atoms with Crippen LogP contribution >= 0.6 is 22.6 Å². The molecule has 2 amide bonds. The summed E-state index contributed by atoms with van der Waals surface area (Å²) in [5.41, 5.74) is 0.726. The number of nitrogens with zero attached hydrogens (tertiary/aromatic N) is 1. The molecule has 0 radical (unpaired) electrons. The van der Waals surface area contributed by atoms with Crippen molar-refractivity contribution >= 4 is 52.0 Å². The average molecular weight is 541 g/mol. The third-order valence-corrected chi connectivity index (χ3v) is 5.70. The number of para-hydroxylation sites is 1. The number of rotatable bonds is 5. The molecule has 1 aliphatic rings. The van der Waals surface area contributed by atoms with Crippen molar-refractivity contribution < 1.29 is 28.7 Å². The number of carbonyl (C=O) groups excluding carboxylic acids is 4. The van der Waals surface area contributed by atoms with Crippen LogP contribution in [0.3, 0.4) is 0 Å². The third kappa shape index (κ3) is 4.26. The molecule has 0 spiro atoms. The van der Waals surface area contributed by atoms with Crippen LogP contribution in [0, 0.1) is 3.57 Å². The molecule has 1 aliphatic heterocycles. The number of carbonyl (C=O) groups is 4. The highest BCUT2D eigenvalue weighted by Gasteiger charge is 2.54. The Morgan fingerprint density at radius 1 is 0.656 bits per heavy atom. The molecule has 0 saturated carbocycles. The van der Waals surface area contributed by atoms with Crippen molar-refractivity contribution in [2.45, 2.75) is 12.2 Å². The van der Waals surface area contributed by atoms with Crippen molar-refractivity contribution in [1.29, 1.82) is 0 Å². The molecule has 160 valence electrons. The fourth-order valence-electron chi connectivity index (χ4n) is 3.23. The van der Waals surface area contributed by atoms with E-state index in [0.717, 1.165) is 4.90 Å². The molecular weight excluding hydrogens is 525 g/mol. The molecule has 0 aromatic heterocycles. The molecule has 8 heteroatoms. The molecule has 0 aliphatic carbocycles. The Morgan fingerprint density at radius 3 is 1.50 bits per heavy atom. The topological polar surface area (TPSA) is 90.0 Å². The van der Waals surface area contributed by atoms with Crippen LogP contribution in [0.1, 0.15) is 20.7 Å². The molecule has 1 heterocycles. The normalized spacial score (nSPS) is 17.8. The quantitative estimate of drug-likeness (QED) is 0.279. The zero-order valence-electron chi connectivity index (χ0n) is 16.5. The van der Waals surface area contributed by atoms with Gasteiger partial charge in [0, 0.05) is 3.57 Å². The minimum Gasteiger partial charge on any atom is -0.444 e. The number of amides is 2. The molecule has 1 fully saturated rings. The van der Waals surface area contributed by atoms with Crippen LogP contribution < -0.4 is 4.90 Å². The monoisotopic (exact) mass is 541 g/mol. The van der Waals surface area contributed by atoms with Crippen LogP contribution in [0.25, 0.3) is 0 Å². The van der Waals surface area contributed by atoms with Gasteiger partial charge in [-0.25, -0.2) is 14.5 Å². The molecular formula is C24H16INO6. The summed E-state index contributed by atoms with van der Waals surface area (Å²) in [6.07, 6.45) is -3.22. The second kappa shape index (κ2) is 9.31. The fourth-order valence-corrected chi connectivity index (χ4v) is 3.86. The summed E-state index contributed by atoms with van der Waals surface area (Å²) in [5.74, 6) is -3.17. The highest BCUT2D eigenvalue weighted by atomic mass is 127. The van der Waals surface area contributed by atoms with Gasteiger partial charge < -0.3 is 9.47 Å². The predicted molar refractivity (Wildman–Crippen MR) is 123 cm³/mol. The second-order valence-electron chi connectivity index (χ2n) is 6.85. The molecule has 0 unspecified atom stereocenters. The smallest absolute Gasteiger partial charge is 0.339 e. The molecule has 0 bridgehead atoms. The van der Waals surface area contributed by atoms with Gasteiger partial charge in [-0.1, -0.05) is 48.5 Å². The number of ether oxygens (including phenoxy) is 2. The lowest BCUT2D eigenvalue weighted by Gasteiger charge is -2.16. The highest BCUT2D eigenvalue weighted by Crippen LogP contribution is 2.31. The van der Waals surface area contributed by atoms with Crippen LogP contribution in [0.2, 0.25) is 0 Å². The van der Waals surface area contributed by atoms with Crippen molar-refractivity contribution in [3.8, 4) is 0 Å². The first-order valence-electron chi connectivity index (χ1n) is 9.62. The number of benzene rings is 3. The molecule has 3 aromatic rings. The molecule has 7 nitrogen and oxygen atoms in total. The first-order valence-corrected chi connectivity index (χ1v) is 10.7. The lowest BCUT2D eigenvalue weighted by Crippen LogP contribution is -2.37. The number of esters is 2. The Labute approximate surface area is 197 Å². The molecule has 0 N–H and O–H groups in total. The van der Waals surface area contributed by atoms with Crippen LogP contribution in [-0.4, -0.2) is 36.0 Å². The average Bonchev–Trinajstić information content (AvgIpc) is 3.04. The third-order valence-electron chi connectivity index (χ3n) is 4.78. The molecule has 2 atom stereocenters. The first kappa shape index (κ1) is 21.7. The van der Waals surface area contributed by atoms with Crippen LogP contribution in [0.15, 0.2) is 84.9 Å². The zero-order valence-corrected chi connectivity index (χ0v) is 18.7. The standard InChI is InChI=1S/C24H16INO6/c25-17-13-7-8-14-18(17)26-21(27)19(31-23(29)15-9-3-1-4-10-15)20(22(26)28)32-24(30)16-11-5-2-6-12-16/h1-14,19-20H/t19-,20+. The van der Waals surface area contributed by atoms with Crippen LogP contribution in [-0.2, 0) is 19.1 Å². The van der Waals surface area contributed by atoms with E-state index in [9.17, 15) is 19.2 Å². The molecule has 1 saturated heterocycles. The number of anilines is 1. The van der Waals surface area contributed by atoms with Crippen LogP contribution in [0.4, 0.5) is 5.69 Å². The van der Waals surface area contributed by atoms with Crippen LogP contribution in [0.5, 0.6) is 0 Å². The Morgan fingerprint density at radius 2 is 1.06 bits per heavy atom. The second-order valence-corrected chi connectivity index (χ2v) is 8.01. The van der Waals surface area contributed by atoms with E-state index in [4.69, 9.17) is 9.47 Å². The Hall–Kier alpha value is -3.53. The maximum atomic E-state index is 13.2. The summed E-state index contributed by atoms with van der Waals surface area (Å²) in [4.78, 5) is 52.5. The van der Waals surface area contributed by atoms with Crippen molar-refractivity contribution in [2.24, 2.45) is 0 Å². The van der Waals surface area contributed by atoms with Crippen molar-refractivity contribution in [3.05, 3.63) is 99.6 Å². The maximum Gasteiger partial charge on any atom is 0.339 e. The summed E-state index contributed by atoms with van der Waals surface area (Å²) in [6, 6.07) is 22.9. The minimum atomic E-state index is -1.61. The summed E-state index contributed by atoms with van der Waals surface area (Å²) >= 11 is 1.99. The van der Waals surface area contributed by atoms with Gasteiger partial charge in [0.2, 0.25) is 12.2 Å². The summed E-state index contributed by atoms with van der Waals surface area (Å²) in [6.45, 7) is 0. The van der Waals surface area contributed by atoms with Gasteiger partial charge in [0.25, 0.3) is 11.8 Å². The Bertz CT molecular complexity index is 1110.